The van der Waals surface area contributed by atoms with Crippen LogP contribution in [-0.4, -0.2) is 9.55 Å². The van der Waals surface area contributed by atoms with Crippen LogP contribution in [0.4, 0.5) is 19.1 Å². The topological polar surface area (TPSA) is 43.8 Å². The monoisotopic (exact) mass is 291 g/mol. The van der Waals surface area contributed by atoms with E-state index in [4.69, 9.17) is 5.73 Å². The van der Waals surface area contributed by atoms with Gasteiger partial charge in [-0.1, -0.05) is 18.2 Å². The summed E-state index contributed by atoms with van der Waals surface area (Å²) >= 11 is 0. The van der Waals surface area contributed by atoms with E-state index in [0.29, 0.717) is 5.56 Å². The summed E-state index contributed by atoms with van der Waals surface area (Å²) < 4.78 is 42.7. The van der Waals surface area contributed by atoms with Crippen molar-refractivity contribution in [2.75, 3.05) is 5.73 Å². The molecule has 6 heteroatoms. The predicted octanol–water partition coefficient (Wildman–Crippen LogP) is 3.65. The highest BCUT2D eigenvalue weighted by Gasteiger charge is 2.22. The molecule has 0 fully saturated rings. The van der Waals surface area contributed by atoms with Crippen molar-refractivity contribution in [3.63, 3.8) is 0 Å². The maximum absolute atomic E-state index is 14.1. The Bertz CT molecular complexity index is 826. The molecule has 0 aliphatic carbocycles. The summed E-state index contributed by atoms with van der Waals surface area (Å²) in [5.41, 5.74) is 6.29. The van der Waals surface area contributed by atoms with E-state index in [1.165, 1.54) is 16.7 Å². The summed E-state index contributed by atoms with van der Waals surface area (Å²) in [6.07, 6.45) is 0. The summed E-state index contributed by atoms with van der Waals surface area (Å²) in [6, 6.07) is 7.81. The SMILES string of the molecule is CC(c1ccccc1F)n1c(N)nc2ccc(F)c(F)c21. The van der Waals surface area contributed by atoms with Gasteiger partial charge in [0.05, 0.1) is 11.6 Å². The predicted molar refractivity (Wildman–Crippen MR) is 74.3 cm³/mol. The van der Waals surface area contributed by atoms with Crippen molar-refractivity contribution in [3.8, 4) is 0 Å². The molecule has 0 saturated heterocycles. The molecular weight excluding hydrogens is 279 g/mol. The lowest BCUT2D eigenvalue weighted by Gasteiger charge is -2.17. The summed E-state index contributed by atoms with van der Waals surface area (Å²) in [5.74, 6) is -2.47. The van der Waals surface area contributed by atoms with E-state index in [1.807, 2.05) is 0 Å². The van der Waals surface area contributed by atoms with Gasteiger partial charge in [0.2, 0.25) is 5.95 Å². The maximum atomic E-state index is 14.1. The smallest absolute Gasteiger partial charge is 0.201 e. The molecule has 2 aromatic carbocycles. The van der Waals surface area contributed by atoms with E-state index in [9.17, 15) is 13.2 Å². The highest BCUT2D eigenvalue weighted by molar-refractivity contribution is 5.79. The van der Waals surface area contributed by atoms with Gasteiger partial charge in [-0.2, -0.15) is 0 Å². The van der Waals surface area contributed by atoms with Gasteiger partial charge < -0.3 is 10.3 Å². The van der Waals surface area contributed by atoms with Crippen LogP contribution in [0.5, 0.6) is 0 Å². The van der Waals surface area contributed by atoms with E-state index in [-0.39, 0.29) is 17.0 Å². The Morgan fingerprint density at radius 2 is 1.76 bits per heavy atom. The molecule has 1 unspecified atom stereocenters. The van der Waals surface area contributed by atoms with Gasteiger partial charge in [-0.15, -0.1) is 0 Å². The lowest BCUT2D eigenvalue weighted by atomic mass is 10.1. The Hall–Kier alpha value is -2.50. The van der Waals surface area contributed by atoms with Crippen molar-refractivity contribution in [2.24, 2.45) is 0 Å². The van der Waals surface area contributed by atoms with Crippen molar-refractivity contribution in [1.82, 2.24) is 9.55 Å². The van der Waals surface area contributed by atoms with Gasteiger partial charge in [-0.25, -0.2) is 18.2 Å². The van der Waals surface area contributed by atoms with Crippen LogP contribution < -0.4 is 5.73 Å². The molecule has 3 aromatic rings. The Kier molecular flexibility index (Phi) is 3.08. The zero-order valence-electron chi connectivity index (χ0n) is 11.1. The molecule has 2 N–H and O–H groups in total. The van der Waals surface area contributed by atoms with Crippen LogP contribution in [0, 0.1) is 17.5 Å². The van der Waals surface area contributed by atoms with E-state index in [1.54, 1.807) is 25.1 Å². The lowest BCUT2D eigenvalue weighted by molar-refractivity contribution is 0.507. The number of anilines is 1. The van der Waals surface area contributed by atoms with Crippen molar-refractivity contribution >= 4 is 17.0 Å². The van der Waals surface area contributed by atoms with Crippen molar-refractivity contribution in [2.45, 2.75) is 13.0 Å². The standard InChI is InChI=1S/C15H12F3N3/c1-8(9-4-2-3-5-10(9)16)21-14-12(20-15(21)19)7-6-11(17)13(14)18/h2-8H,1H3,(H2,19,20). The summed E-state index contributed by atoms with van der Waals surface area (Å²) in [7, 11) is 0. The molecule has 0 saturated carbocycles. The average molecular weight is 291 g/mol. The fourth-order valence-electron chi connectivity index (χ4n) is 2.49. The molecule has 0 aliphatic rings. The minimum Gasteiger partial charge on any atom is -0.369 e. The molecule has 108 valence electrons. The number of rotatable bonds is 2. The molecule has 1 aromatic heterocycles. The first-order valence-electron chi connectivity index (χ1n) is 6.36. The summed E-state index contributed by atoms with van der Waals surface area (Å²) in [4.78, 5) is 4.00. The molecule has 0 bridgehead atoms. The Labute approximate surface area is 118 Å². The van der Waals surface area contributed by atoms with Gasteiger partial charge in [0, 0.05) is 5.56 Å². The fraction of sp³-hybridized carbons (Fsp3) is 0.133. The second-order valence-electron chi connectivity index (χ2n) is 4.77. The van der Waals surface area contributed by atoms with Crippen molar-refractivity contribution in [3.05, 3.63) is 59.4 Å². The molecule has 0 spiro atoms. The number of fused-ring (bicyclic) bond motifs is 1. The Morgan fingerprint density at radius 3 is 2.48 bits per heavy atom. The molecule has 0 aliphatic heterocycles. The normalized spacial score (nSPS) is 12.8. The van der Waals surface area contributed by atoms with E-state index >= 15 is 0 Å². The van der Waals surface area contributed by atoms with Crippen LogP contribution in [0.1, 0.15) is 18.5 Å². The maximum Gasteiger partial charge on any atom is 0.201 e. The first kappa shape index (κ1) is 13.5. The van der Waals surface area contributed by atoms with Gasteiger partial charge in [-0.05, 0) is 25.1 Å². The lowest BCUT2D eigenvalue weighted by Crippen LogP contribution is -2.12. The second kappa shape index (κ2) is 4.80. The number of nitrogen functional groups attached to an aromatic ring is 1. The second-order valence-corrected chi connectivity index (χ2v) is 4.77. The zero-order chi connectivity index (χ0) is 15.1. The Balaban J connectivity index is 2.27. The van der Waals surface area contributed by atoms with Crippen LogP contribution in [0.2, 0.25) is 0 Å². The molecule has 1 heterocycles. The van der Waals surface area contributed by atoms with Gasteiger partial charge in [0.25, 0.3) is 0 Å². The van der Waals surface area contributed by atoms with Crippen LogP contribution >= 0.6 is 0 Å². The van der Waals surface area contributed by atoms with Gasteiger partial charge >= 0.3 is 0 Å². The van der Waals surface area contributed by atoms with Crippen LogP contribution in [0.25, 0.3) is 11.0 Å². The van der Waals surface area contributed by atoms with E-state index < -0.39 is 23.5 Å². The molecule has 3 nitrogen and oxygen atoms in total. The third-order valence-corrected chi connectivity index (χ3v) is 3.51. The molecule has 1 atom stereocenters. The molecule has 3 rings (SSSR count). The van der Waals surface area contributed by atoms with Crippen LogP contribution in [-0.2, 0) is 0 Å². The number of hydrogen-bond acceptors (Lipinski definition) is 2. The highest BCUT2D eigenvalue weighted by atomic mass is 19.2. The average Bonchev–Trinajstić information content (AvgIpc) is 2.80. The van der Waals surface area contributed by atoms with Gasteiger partial charge in [0.1, 0.15) is 11.3 Å². The third-order valence-electron chi connectivity index (χ3n) is 3.51. The van der Waals surface area contributed by atoms with Crippen molar-refractivity contribution < 1.29 is 13.2 Å². The minimum absolute atomic E-state index is 0.00486. The highest BCUT2D eigenvalue weighted by Crippen LogP contribution is 2.30. The number of nitrogens with zero attached hydrogens (tertiary/aromatic N) is 2. The molecule has 0 radical (unpaired) electrons. The third kappa shape index (κ3) is 2.03. The molecule has 0 amide bonds. The number of aromatic nitrogens is 2. The first-order chi connectivity index (χ1) is 10.0. The minimum atomic E-state index is -1.04. The largest absolute Gasteiger partial charge is 0.369 e. The molecule has 21 heavy (non-hydrogen) atoms. The summed E-state index contributed by atoms with van der Waals surface area (Å²) in [5, 5.41) is 0. The number of halogens is 3. The quantitative estimate of drug-likeness (QED) is 0.783. The fourth-order valence-corrected chi connectivity index (χ4v) is 2.49. The number of benzene rings is 2. The van der Waals surface area contributed by atoms with E-state index in [2.05, 4.69) is 4.98 Å². The number of nitrogens with two attached hydrogens (primary N) is 1. The van der Waals surface area contributed by atoms with Crippen LogP contribution in [0.3, 0.4) is 0 Å². The van der Waals surface area contributed by atoms with Gasteiger partial charge in [-0.3, -0.25) is 0 Å². The first-order valence-corrected chi connectivity index (χ1v) is 6.36. The zero-order valence-corrected chi connectivity index (χ0v) is 11.1. The van der Waals surface area contributed by atoms with Crippen molar-refractivity contribution in [1.29, 1.82) is 0 Å². The van der Waals surface area contributed by atoms with Crippen LogP contribution in [0.15, 0.2) is 36.4 Å². The van der Waals surface area contributed by atoms with Gasteiger partial charge in [0.15, 0.2) is 11.6 Å². The van der Waals surface area contributed by atoms with E-state index in [0.717, 1.165) is 6.07 Å². The number of imidazole rings is 1. The summed E-state index contributed by atoms with van der Waals surface area (Å²) in [6.45, 7) is 1.65. The number of hydrogen-bond donors (Lipinski definition) is 1. The Morgan fingerprint density at radius 1 is 1.05 bits per heavy atom. The molecular formula is C15H12F3N3.